The molecule has 0 radical (unpaired) electrons. The summed E-state index contributed by atoms with van der Waals surface area (Å²) in [6, 6.07) is 6.91. The van der Waals surface area contributed by atoms with Crippen LogP contribution in [0.2, 0.25) is 5.02 Å². The van der Waals surface area contributed by atoms with Crippen LogP contribution in [-0.2, 0) is 10.0 Å². The molecule has 0 unspecified atom stereocenters. The summed E-state index contributed by atoms with van der Waals surface area (Å²) >= 11 is 5.93. The zero-order valence-corrected chi connectivity index (χ0v) is 10.7. The summed E-state index contributed by atoms with van der Waals surface area (Å²) in [6.07, 6.45) is 1.61. The predicted molar refractivity (Wildman–Crippen MR) is 69.8 cm³/mol. The first kappa shape index (κ1) is 12.1. The van der Waals surface area contributed by atoms with E-state index in [4.69, 9.17) is 11.6 Å². The van der Waals surface area contributed by atoms with Crippen LogP contribution in [0.15, 0.2) is 30.5 Å². The Balaban J connectivity index is 2.60. The first-order valence-corrected chi connectivity index (χ1v) is 7.09. The quantitative estimate of drug-likeness (QED) is 0.933. The smallest absolute Gasteiger partial charge is 0.232 e. The van der Waals surface area contributed by atoms with Crippen molar-refractivity contribution < 1.29 is 8.42 Å². The minimum absolute atomic E-state index is 0.00778. The molecule has 0 atom stereocenters. The molecule has 4 nitrogen and oxygen atoms in total. The molecule has 17 heavy (non-hydrogen) atoms. The third kappa shape index (κ3) is 2.68. The van der Waals surface area contributed by atoms with Crippen molar-refractivity contribution in [1.82, 2.24) is 4.98 Å². The average Bonchev–Trinajstić information content (AvgIpc) is 2.28. The monoisotopic (exact) mass is 270 g/mol. The number of pyridine rings is 1. The minimum atomic E-state index is -3.33. The maximum Gasteiger partial charge on any atom is 0.232 e. The van der Waals surface area contributed by atoms with Crippen LogP contribution in [0.4, 0.5) is 5.69 Å². The zero-order chi connectivity index (χ0) is 12.5. The van der Waals surface area contributed by atoms with Gasteiger partial charge in [0.25, 0.3) is 0 Å². The second-order valence-corrected chi connectivity index (χ2v) is 5.98. The molecular formula is C11H11ClN2O2S. The van der Waals surface area contributed by atoms with Gasteiger partial charge in [-0.1, -0.05) is 17.7 Å². The van der Waals surface area contributed by atoms with Crippen molar-refractivity contribution in [3.63, 3.8) is 0 Å². The number of benzene rings is 1. The highest BCUT2D eigenvalue weighted by Gasteiger charge is 2.11. The Morgan fingerprint density at radius 3 is 2.88 bits per heavy atom. The highest BCUT2D eigenvalue weighted by atomic mass is 35.5. The lowest BCUT2D eigenvalue weighted by atomic mass is 10.2. The first-order chi connectivity index (χ1) is 8.02. The topological polar surface area (TPSA) is 59.1 Å². The van der Waals surface area contributed by atoms with Gasteiger partial charge in [-0.3, -0.25) is 9.71 Å². The van der Waals surface area contributed by atoms with Crippen LogP contribution in [0.1, 0.15) is 6.92 Å². The maximum absolute atomic E-state index is 11.5. The van der Waals surface area contributed by atoms with Gasteiger partial charge in [0.2, 0.25) is 10.0 Å². The largest absolute Gasteiger partial charge is 0.281 e. The van der Waals surface area contributed by atoms with E-state index < -0.39 is 10.0 Å². The molecular weight excluding hydrogens is 260 g/mol. The molecule has 1 aromatic heterocycles. The number of halogens is 1. The highest BCUT2D eigenvalue weighted by molar-refractivity contribution is 7.92. The number of fused-ring (bicyclic) bond motifs is 1. The van der Waals surface area contributed by atoms with E-state index in [9.17, 15) is 8.42 Å². The third-order valence-corrected chi connectivity index (χ3v) is 3.82. The molecule has 0 bridgehead atoms. The summed E-state index contributed by atoms with van der Waals surface area (Å²) in [5, 5.41) is 1.27. The summed E-state index contributed by atoms with van der Waals surface area (Å²) in [6.45, 7) is 1.57. The fraction of sp³-hybridized carbons (Fsp3) is 0.182. The summed E-state index contributed by atoms with van der Waals surface area (Å²) in [5.74, 6) is 0.00778. The Morgan fingerprint density at radius 2 is 2.18 bits per heavy atom. The van der Waals surface area contributed by atoms with Gasteiger partial charge >= 0.3 is 0 Å². The molecule has 0 amide bonds. The van der Waals surface area contributed by atoms with Crippen LogP contribution in [-0.4, -0.2) is 19.2 Å². The second kappa shape index (κ2) is 4.50. The Hall–Kier alpha value is -1.33. The van der Waals surface area contributed by atoms with Gasteiger partial charge in [-0.05, 0) is 25.1 Å². The number of nitrogens with zero attached hydrogens (tertiary/aromatic N) is 1. The molecule has 2 rings (SSSR count). The average molecular weight is 271 g/mol. The fourth-order valence-electron chi connectivity index (χ4n) is 1.47. The van der Waals surface area contributed by atoms with Gasteiger partial charge < -0.3 is 0 Å². The number of rotatable bonds is 3. The lowest BCUT2D eigenvalue weighted by Gasteiger charge is -2.09. The van der Waals surface area contributed by atoms with Gasteiger partial charge in [0.05, 0.1) is 17.0 Å². The molecule has 2 aromatic rings. The fourth-order valence-corrected chi connectivity index (χ4v) is 2.33. The molecule has 0 fully saturated rings. The van der Waals surface area contributed by atoms with E-state index in [0.29, 0.717) is 16.2 Å². The van der Waals surface area contributed by atoms with E-state index in [1.807, 2.05) is 6.07 Å². The van der Waals surface area contributed by atoms with Crippen molar-refractivity contribution in [2.45, 2.75) is 6.92 Å². The van der Waals surface area contributed by atoms with Crippen LogP contribution < -0.4 is 4.72 Å². The molecule has 0 aliphatic carbocycles. The van der Waals surface area contributed by atoms with E-state index >= 15 is 0 Å². The van der Waals surface area contributed by atoms with Crippen LogP contribution in [0, 0.1) is 0 Å². The number of anilines is 1. The number of hydrogen-bond acceptors (Lipinski definition) is 3. The minimum Gasteiger partial charge on any atom is -0.281 e. The molecule has 90 valence electrons. The summed E-state index contributed by atoms with van der Waals surface area (Å²) in [4.78, 5) is 4.16. The van der Waals surface area contributed by atoms with E-state index in [-0.39, 0.29) is 5.75 Å². The zero-order valence-electron chi connectivity index (χ0n) is 9.14. The molecule has 0 spiro atoms. The Labute approximate surface area is 105 Å². The van der Waals surface area contributed by atoms with Crippen molar-refractivity contribution >= 4 is 38.2 Å². The molecule has 1 heterocycles. The number of hydrogen-bond donors (Lipinski definition) is 1. The Morgan fingerprint density at radius 1 is 1.41 bits per heavy atom. The third-order valence-electron chi connectivity index (χ3n) is 2.32. The van der Waals surface area contributed by atoms with Crippen molar-refractivity contribution in [2.75, 3.05) is 10.5 Å². The maximum atomic E-state index is 11.5. The number of nitrogens with one attached hydrogen (secondary N) is 1. The standard InChI is InChI=1S/C11H11ClN2O2S/c1-2-17(15,16)14-10-7-9(12)6-8-4-3-5-13-11(8)10/h3-7,14H,2H2,1H3. The molecule has 0 saturated carbocycles. The van der Waals surface area contributed by atoms with E-state index in [2.05, 4.69) is 9.71 Å². The second-order valence-electron chi connectivity index (χ2n) is 3.53. The van der Waals surface area contributed by atoms with Crippen LogP contribution in [0.5, 0.6) is 0 Å². The van der Waals surface area contributed by atoms with Gasteiger partial charge in [-0.15, -0.1) is 0 Å². The predicted octanol–water partition coefficient (Wildman–Crippen LogP) is 2.65. The Bertz CT molecular complexity index is 656. The highest BCUT2D eigenvalue weighted by Crippen LogP contribution is 2.26. The van der Waals surface area contributed by atoms with E-state index in [0.717, 1.165) is 5.39 Å². The van der Waals surface area contributed by atoms with Crippen LogP contribution in [0.25, 0.3) is 10.9 Å². The Kier molecular flexibility index (Phi) is 3.22. The van der Waals surface area contributed by atoms with Crippen LogP contribution >= 0.6 is 11.6 Å². The SMILES string of the molecule is CCS(=O)(=O)Nc1cc(Cl)cc2cccnc12. The number of aromatic nitrogens is 1. The van der Waals surface area contributed by atoms with Crippen molar-refractivity contribution in [1.29, 1.82) is 0 Å². The lowest BCUT2D eigenvalue weighted by molar-refractivity contribution is 0.602. The molecule has 0 saturated heterocycles. The molecule has 6 heteroatoms. The molecule has 0 aliphatic rings. The van der Waals surface area contributed by atoms with E-state index in [1.54, 1.807) is 31.3 Å². The molecule has 1 N–H and O–H groups in total. The summed E-state index contributed by atoms with van der Waals surface area (Å²) in [5.41, 5.74) is 1.00. The van der Waals surface area contributed by atoms with Crippen LogP contribution in [0.3, 0.4) is 0 Å². The number of sulfonamides is 1. The van der Waals surface area contributed by atoms with Gasteiger partial charge in [0.15, 0.2) is 0 Å². The van der Waals surface area contributed by atoms with Crippen molar-refractivity contribution in [3.05, 3.63) is 35.5 Å². The van der Waals surface area contributed by atoms with E-state index in [1.165, 1.54) is 0 Å². The van der Waals surface area contributed by atoms with Gasteiger partial charge in [0, 0.05) is 16.6 Å². The van der Waals surface area contributed by atoms with Gasteiger partial charge in [0.1, 0.15) is 0 Å². The summed E-state index contributed by atoms with van der Waals surface area (Å²) < 4.78 is 25.6. The normalized spacial score (nSPS) is 11.6. The van der Waals surface area contributed by atoms with Crippen molar-refractivity contribution in [2.24, 2.45) is 0 Å². The van der Waals surface area contributed by atoms with Gasteiger partial charge in [-0.2, -0.15) is 0 Å². The lowest BCUT2D eigenvalue weighted by Crippen LogP contribution is -2.15. The summed E-state index contributed by atoms with van der Waals surface area (Å²) in [7, 11) is -3.33. The first-order valence-electron chi connectivity index (χ1n) is 5.06. The van der Waals surface area contributed by atoms with Crippen molar-refractivity contribution in [3.8, 4) is 0 Å². The van der Waals surface area contributed by atoms with Gasteiger partial charge in [-0.25, -0.2) is 8.42 Å². The molecule has 0 aliphatic heterocycles. The molecule has 1 aromatic carbocycles.